The SMILES string of the molecule is O=P(c1ccccc1)(c1ccccc1)c1cc(O)ccc1O.O=P1(c2cc(O)ccc2O)Oc2ccccc2-c2ccccc21.O=[p+]1oc2ccccc2c2ccccc21. The second-order valence-corrected chi connectivity index (χ2v) is 19.8. The Balaban J connectivity index is 0.000000127. The number of phenolic OH excluding ortho intramolecular Hbond substituents is 4. The van der Waals surface area contributed by atoms with Gasteiger partial charge in [0.2, 0.25) is 5.12 Å². The normalized spacial score (nSPS) is 14.3. The van der Waals surface area contributed by atoms with Gasteiger partial charge in [0.15, 0.2) is 12.7 Å². The molecule has 1 aliphatic heterocycles. The van der Waals surface area contributed by atoms with Crippen LogP contribution in [0.4, 0.5) is 0 Å². The second kappa shape index (κ2) is 16.8. The lowest BCUT2D eigenvalue weighted by molar-refractivity contribution is 0.459. The van der Waals surface area contributed by atoms with Crippen molar-refractivity contribution in [1.29, 1.82) is 0 Å². The molecule has 0 fully saturated rings. The van der Waals surface area contributed by atoms with Crippen LogP contribution in [0.5, 0.6) is 28.7 Å². The number of aromatic hydroxyl groups is 4. The van der Waals surface area contributed by atoms with Crippen LogP contribution in [0.3, 0.4) is 0 Å². The van der Waals surface area contributed by atoms with Gasteiger partial charge < -0.3 is 29.5 Å². The molecule has 1 aromatic heterocycles. The first-order chi connectivity index (χ1) is 29.1. The fourth-order valence-corrected chi connectivity index (χ4v) is 13.2. The number of rotatable bonds is 4. The molecular formula is C48H36O9P3+. The van der Waals surface area contributed by atoms with Crippen molar-refractivity contribution in [2.24, 2.45) is 0 Å². The van der Waals surface area contributed by atoms with Crippen LogP contribution in [0.1, 0.15) is 0 Å². The zero-order valence-corrected chi connectivity index (χ0v) is 34.3. The van der Waals surface area contributed by atoms with Gasteiger partial charge in [-0.05, 0) is 76.9 Å². The molecule has 9 aromatic rings. The highest BCUT2D eigenvalue weighted by Gasteiger charge is 2.40. The van der Waals surface area contributed by atoms with E-state index in [0.29, 0.717) is 27.2 Å². The molecule has 0 bridgehead atoms. The third kappa shape index (κ3) is 7.58. The van der Waals surface area contributed by atoms with E-state index in [1.165, 1.54) is 36.4 Å². The van der Waals surface area contributed by atoms with Crippen molar-refractivity contribution in [3.63, 3.8) is 0 Å². The smallest absolute Gasteiger partial charge is 0.508 e. The molecule has 0 amide bonds. The molecule has 60 heavy (non-hydrogen) atoms. The van der Waals surface area contributed by atoms with Crippen LogP contribution < -0.4 is 31.0 Å². The van der Waals surface area contributed by atoms with Crippen LogP contribution >= 0.6 is 22.2 Å². The molecule has 9 nitrogen and oxygen atoms in total. The van der Waals surface area contributed by atoms with Crippen molar-refractivity contribution in [1.82, 2.24) is 0 Å². The molecule has 296 valence electrons. The number of hydrogen-bond acceptors (Lipinski definition) is 9. The van der Waals surface area contributed by atoms with Gasteiger partial charge in [-0.1, -0.05) is 127 Å². The van der Waals surface area contributed by atoms with Crippen LogP contribution in [0.2, 0.25) is 0 Å². The summed E-state index contributed by atoms with van der Waals surface area (Å²) >= 11 is 0. The van der Waals surface area contributed by atoms with Gasteiger partial charge in [0.1, 0.15) is 28.7 Å². The lowest BCUT2D eigenvalue weighted by atomic mass is 10.0. The van der Waals surface area contributed by atoms with E-state index in [-0.39, 0.29) is 33.6 Å². The van der Waals surface area contributed by atoms with Gasteiger partial charge in [0, 0.05) is 26.9 Å². The van der Waals surface area contributed by atoms with Crippen LogP contribution in [0.25, 0.3) is 32.6 Å². The predicted octanol–water partition coefficient (Wildman–Crippen LogP) is 10.5. The first-order valence-electron chi connectivity index (χ1n) is 18.7. The van der Waals surface area contributed by atoms with E-state index in [1.807, 2.05) is 109 Å². The van der Waals surface area contributed by atoms with Crippen molar-refractivity contribution in [3.05, 3.63) is 194 Å². The number of phenols is 4. The minimum Gasteiger partial charge on any atom is -0.508 e. The van der Waals surface area contributed by atoms with Crippen LogP contribution in [-0.4, -0.2) is 20.4 Å². The van der Waals surface area contributed by atoms with E-state index in [9.17, 15) is 34.1 Å². The van der Waals surface area contributed by atoms with E-state index in [1.54, 1.807) is 48.5 Å². The molecule has 0 radical (unpaired) electrons. The molecule has 0 saturated heterocycles. The molecular weight excluding hydrogens is 813 g/mol. The fraction of sp³-hybridized carbons (Fsp3) is 0. The topological polar surface area (TPSA) is 154 Å². The Morgan fingerprint density at radius 3 is 1.73 bits per heavy atom. The first-order valence-corrected chi connectivity index (χ1v) is 23.2. The maximum atomic E-state index is 13.9. The number of fused-ring (bicyclic) bond motifs is 6. The molecule has 10 rings (SSSR count). The van der Waals surface area contributed by atoms with Crippen molar-refractivity contribution in [2.75, 3.05) is 0 Å². The standard InChI is InChI=1S/C18H13O4P.C18H15O3P.C12H8O2P/c19-12-9-10-15(20)18(11-12)23(21)17-8-4-2-6-14(17)13-5-1-3-7-16(13)22-23;19-14-11-12-17(20)18(13-14)22(21,15-7-3-1-4-8-15)16-9-5-2-6-10-16;13-15-12-8-4-2-6-10(12)9-5-1-3-7-11(9)14-15/h1-11,19-20H;1-13,19-20H;1-8H/q;;+1. The molecule has 0 aliphatic carbocycles. The average molecular weight is 850 g/mol. The summed E-state index contributed by atoms with van der Waals surface area (Å²) in [7, 11) is -8.56. The summed E-state index contributed by atoms with van der Waals surface area (Å²) in [4.78, 5) is 0. The lowest BCUT2D eigenvalue weighted by Gasteiger charge is -2.29. The minimum absolute atomic E-state index is 0.0279. The average Bonchev–Trinajstić information content (AvgIpc) is 3.29. The lowest BCUT2D eigenvalue weighted by Crippen LogP contribution is -2.25. The van der Waals surface area contributed by atoms with Gasteiger partial charge in [-0.15, -0.1) is 0 Å². The largest absolute Gasteiger partial charge is 0.597 e. The number of hydrogen-bond donors (Lipinski definition) is 4. The van der Waals surface area contributed by atoms with Crippen LogP contribution in [0, 0.1) is 0 Å². The summed E-state index contributed by atoms with van der Waals surface area (Å²) < 4.78 is 50.6. The van der Waals surface area contributed by atoms with Gasteiger partial charge in [-0.3, -0.25) is 4.57 Å². The number of para-hydroxylation sites is 2. The zero-order valence-electron chi connectivity index (χ0n) is 31.6. The Bertz CT molecular complexity index is 3130. The number of benzene rings is 8. The molecule has 2 unspecified atom stereocenters. The van der Waals surface area contributed by atoms with Gasteiger partial charge in [-0.25, -0.2) is 4.20 Å². The van der Waals surface area contributed by atoms with Gasteiger partial charge in [0.05, 0.1) is 15.9 Å². The Morgan fingerprint density at radius 1 is 0.500 bits per heavy atom. The van der Waals surface area contributed by atoms with Crippen molar-refractivity contribution in [3.8, 4) is 39.9 Å². The maximum Gasteiger partial charge on any atom is 0.597 e. The quantitative estimate of drug-likeness (QED) is 0.0769. The highest BCUT2D eigenvalue weighted by Crippen LogP contribution is 2.55. The third-order valence-electron chi connectivity index (χ3n) is 9.90. The van der Waals surface area contributed by atoms with Crippen LogP contribution in [-0.2, 0) is 13.7 Å². The minimum atomic E-state index is -3.56. The van der Waals surface area contributed by atoms with E-state index in [4.69, 9.17) is 8.72 Å². The van der Waals surface area contributed by atoms with E-state index < -0.39 is 22.2 Å². The highest BCUT2D eigenvalue weighted by atomic mass is 31.2. The molecule has 8 aromatic carbocycles. The Morgan fingerprint density at radius 2 is 1.03 bits per heavy atom. The Hall–Kier alpha value is -6.88. The molecule has 4 N–H and O–H groups in total. The van der Waals surface area contributed by atoms with Crippen molar-refractivity contribution < 1.29 is 42.8 Å². The third-order valence-corrected chi connectivity index (χ3v) is 16.6. The molecule has 2 atom stereocenters. The van der Waals surface area contributed by atoms with Gasteiger partial charge >= 0.3 is 15.0 Å². The summed E-state index contributed by atoms with van der Waals surface area (Å²) in [5.74, 6) is 0.138. The van der Waals surface area contributed by atoms with Crippen LogP contribution in [0.15, 0.2) is 198 Å². The van der Waals surface area contributed by atoms with Gasteiger partial charge in [-0.2, -0.15) is 0 Å². The summed E-state index contributed by atoms with van der Waals surface area (Å²) in [5.41, 5.74) is 2.37. The maximum absolute atomic E-state index is 13.9. The van der Waals surface area contributed by atoms with Gasteiger partial charge in [0.25, 0.3) is 0 Å². The Kier molecular flexibility index (Phi) is 11.2. The monoisotopic (exact) mass is 849 g/mol. The molecule has 0 spiro atoms. The molecule has 12 heteroatoms. The molecule has 1 aliphatic rings. The Labute approximate surface area is 345 Å². The second-order valence-electron chi connectivity index (χ2n) is 13.6. The summed E-state index contributed by atoms with van der Waals surface area (Å²) in [6.45, 7) is 0. The predicted molar refractivity (Wildman–Crippen MR) is 240 cm³/mol. The molecule has 2 heterocycles. The summed E-state index contributed by atoms with van der Waals surface area (Å²) in [5, 5.41) is 44.8. The summed E-state index contributed by atoms with van der Waals surface area (Å²) in [6, 6.07) is 56.0. The van der Waals surface area contributed by atoms with E-state index >= 15 is 0 Å². The summed E-state index contributed by atoms with van der Waals surface area (Å²) in [6.07, 6.45) is 0. The van der Waals surface area contributed by atoms with E-state index in [2.05, 4.69) is 0 Å². The molecule has 0 saturated carbocycles. The fourth-order valence-electron chi connectivity index (χ4n) is 7.08. The van der Waals surface area contributed by atoms with Crippen molar-refractivity contribution >= 4 is 70.2 Å². The van der Waals surface area contributed by atoms with Crippen molar-refractivity contribution in [2.45, 2.75) is 0 Å². The van der Waals surface area contributed by atoms with E-state index in [0.717, 1.165) is 27.0 Å². The zero-order chi connectivity index (χ0) is 41.9. The first kappa shape index (κ1) is 39.9. The highest BCUT2D eigenvalue weighted by molar-refractivity contribution is 7.85.